The summed E-state index contributed by atoms with van der Waals surface area (Å²) in [6.07, 6.45) is 0.991. The first-order valence-corrected chi connectivity index (χ1v) is 11.0. The molecule has 9 heteroatoms. The van der Waals surface area contributed by atoms with Crippen LogP contribution in [0.25, 0.3) is 6.08 Å². The zero-order valence-corrected chi connectivity index (χ0v) is 20.9. The fourth-order valence-electron chi connectivity index (χ4n) is 3.65. The first-order chi connectivity index (χ1) is 17.1. The molecule has 0 N–H and O–H groups in total. The molecular formula is C27H29NO8. The number of carbonyl (C=O) groups excluding carboxylic acids is 5. The molecule has 1 atom stereocenters. The van der Waals surface area contributed by atoms with Gasteiger partial charge < -0.3 is 19.1 Å². The number of hydrogen-bond acceptors (Lipinski definition) is 8. The van der Waals surface area contributed by atoms with Crippen molar-refractivity contribution in [3.63, 3.8) is 0 Å². The molecule has 1 unspecified atom stereocenters. The Hall–Kier alpha value is -4.27. The SMILES string of the molecule is COC(=O)C(=Cc1ccc(C(=O)OC)cc1)CN(C(=O)CC(C)=O)C(C)(C(=O)OC)c1ccccc1. The van der Waals surface area contributed by atoms with Crippen LogP contribution in [0.2, 0.25) is 0 Å². The van der Waals surface area contributed by atoms with Gasteiger partial charge in [-0.15, -0.1) is 0 Å². The quantitative estimate of drug-likeness (QED) is 0.214. The average molecular weight is 496 g/mol. The van der Waals surface area contributed by atoms with Crippen molar-refractivity contribution < 1.29 is 38.2 Å². The van der Waals surface area contributed by atoms with Crippen LogP contribution < -0.4 is 0 Å². The second kappa shape index (κ2) is 12.4. The van der Waals surface area contributed by atoms with E-state index >= 15 is 0 Å². The van der Waals surface area contributed by atoms with Gasteiger partial charge in [-0.1, -0.05) is 42.5 Å². The van der Waals surface area contributed by atoms with Gasteiger partial charge in [0.25, 0.3) is 0 Å². The molecule has 0 radical (unpaired) electrons. The van der Waals surface area contributed by atoms with Crippen LogP contribution in [-0.4, -0.2) is 62.4 Å². The van der Waals surface area contributed by atoms with Crippen LogP contribution in [0.1, 0.15) is 41.8 Å². The Balaban J connectivity index is 2.64. The molecule has 1 amide bonds. The number of methoxy groups -OCH3 is 3. The van der Waals surface area contributed by atoms with E-state index in [2.05, 4.69) is 0 Å². The number of carbonyl (C=O) groups is 5. The lowest BCUT2D eigenvalue weighted by Gasteiger charge is -2.39. The highest BCUT2D eigenvalue weighted by Gasteiger charge is 2.45. The van der Waals surface area contributed by atoms with Gasteiger partial charge in [0.1, 0.15) is 5.78 Å². The Labute approximate surface area is 209 Å². The Morgan fingerprint density at radius 2 is 1.47 bits per heavy atom. The van der Waals surface area contributed by atoms with Crippen LogP contribution in [0.3, 0.4) is 0 Å². The van der Waals surface area contributed by atoms with Gasteiger partial charge in [0.05, 0.1) is 45.4 Å². The maximum absolute atomic E-state index is 13.3. The predicted octanol–water partition coefficient (Wildman–Crippen LogP) is 2.93. The first-order valence-electron chi connectivity index (χ1n) is 11.0. The van der Waals surface area contributed by atoms with Gasteiger partial charge in [0.15, 0.2) is 5.54 Å². The lowest BCUT2D eigenvalue weighted by atomic mass is 9.88. The molecule has 0 spiro atoms. The summed E-state index contributed by atoms with van der Waals surface area (Å²) in [5.74, 6) is -3.09. The largest absolute Gasteiger partial charge is 0.467 e. The summed E-state index contributed by atoms with van der Waals surface area (Å²) in [5.41, 5.74) is -0.354. The topological polar surface area (TPSA) is 116 Å². The van der Waals surface area contributed by atoms with Gasteiger partial charge in [-0.25, -0.2) is 14.4 Å². The molecule has 0 aliphatic rings. The van der Waals surface area contributed by atoms with E-state index in [4.69, 9.17) is 14.2 Å². The highest BCUT2D eigenvalue weighted by Crippen LogP contribution is 2.32. The minimum Gasteiger partial charge on any atom is -0.467 e. The molecule has 190 valence electrons. The molecule has 2 aromatic carbocycles. The van der Waals surface area contributed by atoms with E-state index in [0.717, 1.165) is 4.90 Å². The molecule has 0 aliphatic heterocycles. The summed E-state index contributed by atoms with van der Waals surface area (Å²) < 4.78 is 14.7. The van der Waals surface area contributed by atoms with E-state index in [1.54, 1.807) is 42.5 Å². The number of ketones is 1. The molecule has 2 rings (SSSR count). The molecule has 0 fully saturated rings. The van der Waals surface area contributed by atoms with Crippen LogP contribution in [0.5, 0.6) is 0 Å². The minimum atomic E-state index is -1.66. The summed E-state index contributed by atoms with van der Waals surface area (Å²) in [4.78, 5) is 63.8. The predicted molar refractivity (Wildman–Crippen MR) is 131 cm³/mol. The molecule has 36 heavy (non-hydrogen) atoms. The standard InChI is InChI=1S/C27H29NO8/c1-18(29)15-23(30)28(27(2,26(33)36-5)22-9-7-6-8-10-22)17-21(25(32)35-4)16-19-11-13-20(14-12-19)24(31)34-3/h6-14,16H,15,17H2,1-5H3. The second-order valence-corrected chi connectivity index (χ2v) is 8.06. The highest BCUT2D eigenvalue weighted by atomic mass is 16.5. The number of benzene rings is 2. The van der Waals surface area contributed by atoms with E-state index in [0.29, 0.717) is 16.7 Å². The lowest BCUT2D eigenvalue weighted by molar-refractivity contribution is -0.162. The van der Waals surface area contributed by atoms with Gasteiger partial charge in [0.2, 0.25) is 5.91 Å². The Bertz CT molecular complexity index is 1150. The van der Waals surface area contributed by atoms with Crippen molar-refractivity contribution in [1.82, 2.24) is 4.90 Å². The monoisotopic (exact) mass is 495 g/mol. The van der Waals surface area contributed by atoms with Crippen molar-refractivity contribution in [2.75, 3.05) is 27.9 Å². The normalized spacial score (nSPS) is 12.6. The highest BCUT2D eigenvalue weighted by molar-refractivity contribution is 6.01. The molecule has 0 bridgehead atoms. The smallest absolute Gasteiger partial charge is 0.337 e. The third kappa shape index (κ3) is 6.44. The molecular weight excluding hydrogens is 466 g/mol. The maximum atomic E-state index is 13.3. The van der Waals surface area contributed by atoms with Crippen molar-refractivity contribution in [3.05, 3.63) is 76.9 Å². The molecule has 0 aliphatic carbocycles. The molecule has 0 saturated heterocycles. The van der Waals surface area contributed by atoms with E-state index < -0.39 is 41.6 Å². The van der Waals surface area contributed by atoms with Crippen molar-refractivity contribution in [2.45, 2.75) is 25.8 Å². The van der Waals surface area contributed by atoms with Crippen molar-refractivity contribution in [2.24, 2.45) is 0 Å². The van der Waals surface area contributed by atoms with Crippen molar-refractivity contribution in [3.8, 4) is 0 Å². The fourth-order valence-corrected chi connectivity index (χ4v) is 3.65. The van der Waals surface area contributed by atoms with E-state index in [9.17, 15) is 24.0 Å². The van der Waals surface area contributed by atoms with Crippen molar-refractivity contribution in [1.29, 1.82) is 0 Å². The lowest BCUT2D eigenvalue weighted by Crippen LogP contribution is -2.54. The van der Waals surface area contributed by atoms with Crippen LogP contribution >= 0.6 is 0 Å². The van der Waals surface area contributed by atoms with E-state index in [-0.39, 0.29) is 12.1 Å². The second-order valence-electron chi connectivity index (χ2n) is 8.06. The summed E-state index contributed by atoms with van der Waals surface area (Å²) in [5, 5.41) is 0. The number of Topliss-reactive ketones (excluding diaryl/α,β-unsaturated/α-hetero) is 1. The van der Waals surface area contributed by atoms with E-state index in [1.807, 2.05) is 0 Å². The summed E-state index contributed by atoms with van der Waals surface area (Å²) in [7, 11) is 3.65. The fraction of sp³-hybridized carbons (Fsp3) is 0.296. The number of hydrogen-bond donors (Lipinski definition) is 0. The first kappa shape index (κ1) is 28.0. The van der Waals surface area contributed by atoms with Crippen LogP contribution in [0, 0.1) is 0 Å². The molecule has 0 heterocycles. The molecule has 0 saturated carbocycles. The maximum Gasteiger partial charge on any atom is 0.337 e. The zero-order valence-electron chi connectivity index (χ0n) is 20.9. The zero-order chi connectivity index (χ0) is 26.9. The van der Waals surface area contributed by atoms with Gasteiger partial charge in [-0.2, -0.15) is 0 Å². The van der Waals surface area contributed by atoms with Gasteiger partial charge >= 0.3 is 17.9 Å². The summed E-state index contributed by atoms with van der Waals surface area (Å²) in [6.45, 7) is 2.39. The van der Waals surface area contributed by atoms with Crippen molar-refractivity contribution >= 4 is 35.7 Å². The minimum absolute atomic E-state index is 0.0336. The Morgan fingerprint density at radius 3 is 1.97 bits per heavy atom. The van der Waals surface area contributed by atoms with Crippen LogP contribution in [0.15, 0.2) is 60.2 Å². The van der Waals surface area contributed by atoms with Gasteiger partial charge in [-0.05, 0) is 43.2 Å². The number of rotatable bonds is 10. The van der Waals surface area contributed by atoms with Gasteiger partial charge in [0, 0.05) is 0 Å². The van der Waals surface area contributed by atoms with E-state index in [1.165, 1.54) is 53.4 Å². The third-order valence-electron chi connectivity index (χ3n) is 5.61. The third-order valence-corrected chi connectivity index (χ3v) is 5.61. The molecule has 0 aromatic heterocycles. The molecule has 9 nitrogen and oxygen atoms in total. The van der Waals surface area contributed by atoms with Crippen LogP contribution in [0.4, 0.5) is 0 Å². The number of esters is 3. The Morgan fingerprint density at radius 1 is 0.861 bits per heavy atom. The summed E-state index contributed by atoms with van der Waals surface area (Å²) >= 11 is 0. The summed E-state index contributed by atoms with van der Waals surface area (Å²) in [6, 6.07) is 14.7. The average Bonchev–Trinajstić information content (AvgIpc) is 2.89. The number of ether oxygens (including phenoxy) is 3. The van der Waals surface area contributed by atoms with Gasteiger partial charge in [-0.3, -0.25) is 9.59 Å². The van der Waals surface area contributed by atoms with Crippen LogP contribution in [-0.2, 0) is 38.9 Å². The molecule has 2 aromatic rings. The number of nitrogens with zero attached hydrogens (tertiary/aromatic N) is 1. The number of amides is 1. The Kier molecular flexibility index (Phi) is 9.66.